The standard InChI is InChI=1S/C15H14F3N3S/c16-15(17,18)12-8-4-5-9-13(12)20-21-14(22)19-10-11-6-2-1-3-7-11/h1-9,20H,10H2,(H2,19,21,22). The first kappa shape index (κ1) is 16.1. The summed E-state index contributed by atoms with van der Waals surface area (Å²) in [5, 5.41) is 3.11. The number of hydrogen-bond acceptors (Lipinski definition) is 2. The van der Waals surface area contributed by atoms with Crippen LogP contribution in [-0.4, -0.2) is 5.11 Å². The van der Waals surface area contributed by atoms with Crippen LogP contribution in [0.1, 0.15) is 11.1 Å². The zero-order chi connectivity index (χ0) is 16.0. The van der Waals surface area contributed by atoms with Crippen molar-refractivity contribution < 1.29 is 13.2 Å². The largest absolute Gasteiger partial charge is 0.418 e. The summed E-state index contributed by atoms with van der Waals surface area (Å²) in [6, 6.07) is 14.7. The Kier molecular flexibility index (Phi) is 5.21. The van der Waals surface area contributed by atoms with Gasteiger partial charge in [0.15, 0.2) is 5.11 Å². The number of hydrogen-bond donors (Lipinski definition) is 3. The van der Waals surface area contributed by atoms with E-state index in [1.165, 1.54) is 18.2 Å². The maximum absolute atomic E-state index is 12.8. The van der Waals surface area contributed by atoms with Crippen LogP contribution < -0.4 is 16.2 Å². The molecule has 0 saturated heterocycles. The van der Waals surface area contributed by atoms with Gasteiger partial charge in [-0.2, -0.15) is 13.2 Å². The Bertz CT molecular complexity index is 629. The second kappa shape index (κ2) is 7.13. The van der Waals surface area contributed by atoms with Crippen molar-refractivity contribution in [2.24, 2.45) is 0 Å². The van der Waals surface area contributed by atoms with Crippen molar-refractivity contribution in [3.63, 3.8) is 0 Å². The van der Waals surface area contributed by atoms with E-state index in [4.69, 9.17) is 12.2 Å². The Balaban J connectivity index is 1.89. The van der Waals surface area contributed by atoms with Gasteiger partial charge in [0.1, 0.15) is 0 Å². The van der Waals surface area contributed by atoms with Gasteiger partial charge < -0.3 is 5.32 Å². The summed E-state index contributed by atoms with van der Waals surface area (Å²) in [6.07, 6.45) is -4.43. The molecular weight excluding hydrogens is 311 g/mol. The molecule has 0 saturated carbocycles. The SMILES string of the molecule is FC(F)(F)c1ccccc1NNC(=S)NCc1ccccc1. The van der Waals surface area contributed by atoms with E-state index in [9.17, 15) is 13.2 Å². The van der Waals surface area contributed by atoms with Crippen LogP contribution in [0.25, 0.3) is 0 Å². The predicted molar refractivity (Wildman–Crippen MR) is 84.1 cm³/mol. The fourth-order valence-corrected chi connectivity index (χ4v) is 1.91. The summed E-state index contributed by atoms with van der Waals surface area (Å²) in [5.74, 6) is 0. The molecule has 7 heteroatoms. The van der Waals surface area contributed by atoms with Crippen LogP contribution in [0.2, 0.25) is 0 Å². The van der Waals surface area contributed by atoms with E-state index in [-0.39, 0.29) is 10.8 Å². The van der Waals surface area contributed by atoms with Crippen LogP contribution in [0.3, 0.4) is 0 Å². The number of thiocarbonyl (C=S) groups is 1. The third kappa shape index (κ3) is 4.63. The zero-order valence-electron chi connectivity index (χ0n) is 11.4. The number of benzene rings is 2. The molecule has 0 aliphatic carbocycles. The van der Waals surface area contributed by atoms with Gasteiger partial charge in [0.05, 0.1) is 11.3 Å². The topological polar surface area (TPSA) is 36.1 Å². The molecule has 0 spiro atoms. The van der Waals surface area contributed by atoms with E-state index in [0.717, 1.165) is 11.6 Å². The average molecular weight is 325 g/mol. The zero-order valence-corrected chi connectivity index (χ0v) is 12.3. The van der Waals surface area contributed by atoms with Gasteiger partial charge in [0, 0.05) is 6.54 Å². The molecule has 116 valence electrons. The highest BCUT2D eigenvalue weighted by Crippen LogP contribution is 2.34. The van der Waals surface area contributed by atoms with E-state index in [1.54, 1.807) is 0 Å². The number of halogens is 3. The molecular formula is C15H14F3N3S. The highest BCUT2D eigenvalue weighted by Gasteiger charge is 2.33. The molecule has 2 rings (SSSR count). The monoisotopic (exact) mass is 325 g/mol. The lowest BCUT2D eigenvalue weighted by Gasteiger charge is -2.16. The molecule has 3 N–H and O–H groups in total. The fraction of sp³-hybridized carbons (Fsp3) is 0.133. The van der Waals surface area contributed by atoms with Crippen molar-refractivity contribution >= 4 is 23.0 Å². The number of nitrogens with one attached hydrogen (secondary N) is 3. The minimum Gasteiger partial charge on any atom is -0.357 e. The van der Waals surface area contributed by atoms with E-state index in [1.807, 2.05) is 30.3 Å². The highest BCUT2D eigenvalue weighted by molar-refractivity contribution is 7.80. The lowest BCUT2D eigenvalue weighted by molar-refractivity contribution is -0.137. The van der Waals surface area contributed by atoms with Gasteiger partial charge in [0.25, 0.3) is 0 Å². The van der Waals surface area contributed by atoms with E-state index in [0.29, 0.717) is 6.54 Å². The number of anilines is 1. The minimum absolute atomic E-state index is 0.0844. The van der Waals surface area contributed by atoms with Gasteiger partial charge in [0.2, 0.25) is 0 Å². The van der Waals surface area contributed by atoms with Crippen molar-refractivity contribution in [2.45, 2.75) is 12.7 Å². The summed E-state index contributed by atoms with van der Waals surface area (Å²) in [7, 11) is 0. The second-order valence-electron chi connectivity index (χ2n) is 4.46. The van der Waals surface area contributed by atoms with Crippen molar-refractivity contribution in [2.75, 3.05) is 5.43 Å². The lowest BCUT2D eigenvalue weighted by atomic mass is 10.2. The molecule has 2 aromatic carbocycles. The molecule has 0 aromatic heterocycles. The van der Waals surface area contributed by atoms with Gasteiger partial charge in [-0.1, -0.05) is 42.5 Å². The Morgan fingerprint density at radius 3 is 2.27 bits per heavy atom. The van der Waals surface area contributed by atoms with Crippen LogP contribution in [0, 0.1) is 0 Å². The minimum atomic E-state index is -4.43. The first-order chi connectivity index (χ1) is 10.5. The van der Waals surface area contributed by atoms with Crippen LogP contribution in [0.15, 0.2) is 54.6 Å². The number of para-hydroxylation sites is 1. The molecule has 3 nitrogen and oxygen atoms in total. The Morgan fingerprint density at radius 2 is 1.59 bits per heavy atom. The van der Waals surface area contributed by atoms with Crippen LogP contribution in [-0.2, 0) is 12.7 Å². The second-order valence-corrected chi connectivity index (χ2v) is 4.87. The first-order valence-electron chi connectivity index (χ1n) is 6.47. The molecule has 0 aliphatic heterocycles. The number of alkyl halides is 3. The molecule has 0 unspecified atom stereocenters. The normalized spacial score (nSPS) is 10.9. The van der Waals surface area contributed by atoms with Gasteiger partial charge in [-0.25, -0.2) is 0 Å². The van der Waals surface area contributed by atoms with Crippen LogP contribution in [0.5, 0.6) is 0 Å². The van der Waals surface area contributed by atoms with Crippen molar-refractivity contribution in [1.82, 2.24) is 10.7 Å². The van der Waals surface area contributed by atoms with Gasteiger partial charge >= 0.3 is 6.18 Å². The number of rotatable bonds is 4. The van der Waals surface area contributed by atoms with Crippen molar-refractivity contribution in [3.8, 4) is 0 Å². The first-order valence-corrected chi connectivity index (χ1v) is 6.87. The molecule has 0 radical (unpaired) electrons. The molecule has 0 atom stereocenters. The predicted octanol–water partition coefficient (Wildman–Crippen LogP) is 3.70. The summed E-state index contributed by atoms with van der Waals surface area (Å²) < 4.78 is 38.5. The molecule has 22 heavy (non-hydrogen) atoms. The molecule has 0 bridgehead atoms. The molecule has 0 amide bonds. The van der Waals surface area contributed by atoms with Gasteiger partial charge in [-0.15, -0.1) is 0 Å². The summed E-state index contributed by atoms with van der Waals surface area (Å²) in [6.45, 7) is 0.481. The van der Waals surface area contributed by atoms with E-state index >= 15 is 0 Å². The summed E-state index contributed by atoms with van der Waals surface area (Å²) >= 11 is 5.02. The quantitative estimate of drug-likeness (QED) is 0.592. The fourth-order valence-electron chi connectivity index (χ4n) is 1.79. The molecule has 2 aromatic rings. The van der Waals surface area contributed by atoms with Gasteiger partial charge in [-0.05, 0) is 29.9 Å². The highest BCUT2D eigenvalue weighted by atomic mass is 32.1. The number of hydrazine groups is 1. The molecule has 0 fully saturated rings. The molecule has 0 aliphatic rings. The Morgan fingerprint density at radius 1 is 0.955 bits per heavy atom. The maximum Gasteiger partial charge on any atom is 0.418 e. The Labute approximate surface area is 131 Å². The molecule has 0 heterocycles. The summed E-state index contributed by atoms with van der Waals surface area (Å²) in [4.78, 5) is 0. The van der Waals surface area contributed by atoms with Crippen LogP contribution in [0.4, 0.5) is 18.9 Å². The summed E-state index contributed by atoms with van der Waals surface area (Å²) in [5.41, 5.74) is 5.21. The third-order valence-corrected chi connectivity index (χ3v) is 3.09. The third-order valence-electron chi connectivity index (χ3n) is 2.84. The van der Waals surface area contributed by atoms with Crippen molar-refractivity contribution in [3.05, 3.63) is 65.7 Å². The Hall–Kier alpha value is -2.28. The maximum atomic E-state index is 12.8. The van der Waals surface area contributed by atoms with E-state index in [2.05, 4.69) is 16.2 Å². The smallest absolute Gasteiger partial charge is 0.357 e. The average Bonchev–Trinajstić information content (AvgIpc) is 2.51. The van der Waals surface area contributed by atoms with Crippen LogP contribution >= 0.6 is 12.2 Å². The van der Waals surface area contributed by atoms with E-state index < -0.39 is 11.7 Å². The lowest BCUT2D eigenvalue weighted by Crippen LogP contribution is -2.38. The van der Waals surface area contributed by atoms with Gasteiger partial charge in [-0.3, -0.25) is 10.9 Å². The van der Waals surface area contributed by atoms with Crippen molar-refractivity contribution in [1.29, 1.82) is 0 Å².